The summed E-state index contributed by atoms with van der Waals surface area (Å²) in [4.78, 5) is 28.5. The van der Waals surface area contributed by atoms with Gasteiger partial charge in [0.15, 0.2) is 5.69 Å². The summed E-state index contributed by atoms with van der Waals surface area (Å²) in [5.41, 5.74) is 1.68. The third-order valence-electron chi connectivity index (χ3n) is 4.95. The fourth-order valence-electron chi connectivity index (χ4n) is 3.46. The molecular weight excluding hydrogens is 332 g/mol. The topological polar surface area (TPSA) is 71.6 Å². The minimum Gasteiger partial charge on any atom is -0.465 e. The van der Waals surface area contributed by atoms with Crippen molar-refractivity contribution in [3.8, 4) is 0 Å². The van der Waals surface area contributed by atoms with Crippen LogP contribution in [-0.4, -0.2) is 57.6 Å². The molecule has 0 aromatic carbocycles. The van der Waals surface area contributed by atoms with Crippen LogP contribution in [0.3, 0.4) is 0 Å². The Hall–Kier alpha value is -2.83. The van der Waals surface area contributed by atoms with Gasteiger partial charge in [0.2, 0.25) is 5.91 Å². The third-order valence-corrected chi connectivity index (χ3v) is 4.95. The summed E-state index contributed by atoms with van der Waals surface area (Å²) in [7, 11) is 0. The van der Waals surface area contributed by atoms with Crippen molar-refractivity contribution in [2.24, 2.45) is 0 Å². The van der Waals surface area contributed by atoms with Crippen LogP contribution in [0, 0.1) is 0 Å². The molecule has 0 spiro atoms. The highest BCUT2D eigenvalue weighted by atomic mass is 16.3. The van der Waals surface area contributed by atoms with Gasteiger partial charge in [0.25, 0.3) is 5.91 Å². The smallest absolute Gasteiger partial charge is 0.274 e. The first kappa shape index (κ1) is 16.6. The molecular formula is C19H22N4O3. The van der Waals surface area contributed by atoms with Gasteiger partial charge in [-0.2, -0.15) is 5.10 Å². The molecule has 7 nitrogen and oxygen atoms in total. The second kappa shape index (κ2) is 7.19. The van der Waals surface area contributed by atoms with Crippen molar-refractivity contribution in [1.82, 2.24) is 19.6 Å². The summed E-state index contributed by atoms with van der Waals surface area (Å²) >= 11 is 0. The molecule has 2 aliphatic heterocycles. The first-order valence-electron chi connectivity index (χ1n) is 9.07. The van der Waals surface area contributed by atoms with E-state index in [0.29, 0.717) is 37.6 Å². The molecule has 1 fully saturated rings. The van der Waals surface area contributed by atoms with Crippen LogP contribution < -0.4 is 0 Å². The Labute approximate surface area is 151 Å². The van der Waals surface area contributed by atoms with Crippen LogP contribution in [0.2, 0.25) is 0 Å². The molecule has 4 heterocycles. The zero-order chi connectivity index (χ0) is 17.9. The summed E-state index contributed by atoms with van der Waals surface area (Å²) in [5, 5.41) is 4.46. The number of carbonyl (C=O) groups is 2. The molecule has 2 amide bonds. The number of hydrogen-bond acceptors (Lipinski definition) is 4. The van der Waals surface area contributed by atoms with Crippen molar-refractivity contribution >= 4 is 17.9 Å². The molecule has 136 valence electrons. The Morgan fingerprint density at radius 1 is 1.08 bits per heavy atom. The number of rotatable bonds is 3. The highest BCUT2D eigenvalue weighted by Crippen LogP contribution is 2.17. The van der Waals surface area contributed by atoms with Gasteiger partial charge in [0.05, 0.1) is 6.26 Å². The molecule has 2 aromatic rings. The van der Waals surface area contributed by atoms with Crippen molar-refractivity contribution < 1.29 is 14.0 Å². The molecule has 2 aliphatic rings. The normalized spacial score (nSPS) is 17.5. The largest absolute Gasteiger partial charge is 0.465 e. The highest BCUT2D eigenvalue weighted by molar-refractivity contribution is 5.93. The summed E-state index contributed by atoms with van der Waals surface area (Å²) in [5.74, 6) is 0.548. The number of fused-ring (bicyclic) bond motifs is 1. The van der Waals surface area contributed by atoms with Crippen molar-refractivity contribution in [1.29, 1.82) is 0 Å². The Kier molecular flexibility index (Phi) is 4.60. The second-order valence-corrected chi connectivity index (χ2v) is 6.67. The fourth-order valence-corrected chi connectivity index (χ4v) is 3.46. The molecule has 0 radical (unpaired) electrons. The molecule has 0 aliphatic carbocycles. The van der Waals surface area contributed by atoms with Crippen molar-refractivity contribution in [3.05, 3.63) is 47.7 Å². The van der Waals surface area contributed by atoms with Gasteiger partial charge in [0.1, 0.15) is 5.76 Å². The van der Waals surface area contributed by atoms with Crippen LogP contribution in [0.5, 0.6) is 0 Å². The average Bonchev–Trinajstić information content (AvgIpc) is 3.35. The van der Waals surface area contributed by atoms with E-state index < -0.39 is 0 Å². The SMILES string of the molecule is O=C(/C=C/c1ccco1)N1CCN(C(=O)c2cc3n(n2)CCCC3)CC1. The van der Waals surface area contributed by atoms with E-state index in [9.17, 15) is 9.59 Å². The lowest BCUT2D eigenvalue weighted by Gasteiger charge is -2.33. The maximum atomic E-state index is 12.7. The number of hydrogen-bond donors (Lipinski definition) is 0. The van der Waals surface area contributed by atoms with Gasteiger partial charge in [-0.3, -0.25) is 14.3 Å². The Balaban J connectivity index is 1.33. The first-order valence-corrected chi connectivity index (χ1v) is 9.07. The van der Waals surface area contributed by atoms with E-state index in [2.05, 4.69) is 5.10 Å². The Bertz CT molecular complexity index is 790. The standard InChI is InChI=1S/C19H22N4O3/c24-18(7-6-16-5-3-13-26-16)21-9-11-22(12-10-21)19(25)17-14-15-4-1-2-8-23(15)20-17/h3,5-7,13-14H,1-2,4,8-12H2/b7-6+. The van der Waals surface area contributed by atoms with Gasteiger partial charge in [-0.05, 0) is 43.5 Å². The van der Waals surface area contributed by atoms with Crippen LogP contribution >= 0.6 is 0 Å². The molecule has 0 saturated carbocycles. The monoisotopic (exact) mass is 354 g/mol. The van der Waals surface area contributed by atoms with Gasteiger partial charge < -0.3 is 14.2 Å². The van der Waals surface area contributed by atoms with Crippen LogP contribution in [0.25, 0.3) is 6.08 Å². The summed E-state index contributed by atoms with van der Waals surface area (Å²) in [6.07, 6.45) is 8.02. The Morgan fingerprint density at radius 2 is 1.88 bits per heavy atom. The third kappa shape index (κ3) is 3.42. The number of amides is 2. The van der Waals surface area contributed by atoms with Gasteiger partial charge in [0, 0.05) is 44.5 Å². The van der Waals surface area contributed by atoms with Crippen molar-refractivity contribution in [2.45, 2.75) is 25.8 Å². The molecule has 0 bridgehead atoms. The average molecular weight is 354 g/mol. The van der Waals surface area contributed by atoms with Crippen LogP contribution in [0.1, 0.15) is 34.8 Å². The minimum atomic E-state index is -0.0639. The maximum Gasteiger partial charge on any atom is 0.274 e. The van der Waals surface area contributed by atoms with E-state index in [1.807, 2.05) is 10.7 Å². The minimum absolute atomic E-state index is 0.0369. The number of carbonyl (C=O) groups excluding carboxylic acids is 2. The van der Waals surface area contributed by atoms with Crippen molar-refractivity contribution in [3.63, 3.8) is 0 Å². The zero-order valence-corrected chi connectivity index (χ0v) is 14.6. The predicted molar refractivity (Wildman–Crippen MR) is 95.4 cm³/mol. The van der Waals surface area contributed by atoms with Gasteiger partial charge >= 0.3 is 0 Å². The second-order valence-electron chi connectivity index (χ2n) is 6.67. The van der Waals surface area contributed by atoms with Gasteiger partial charge in [-0.15, -0.1) is 0 Å². The lowest BCUT2D eigenvalue weighted by Crippen LogP contribution is -2.50. The first-order chi connectivity index (χ1) is 12.7. The number of nitrogens with zero attached hydrogens (tertiary/aromatic N) is 4. The van der Waals surface area contributed by atoms with E-state index in [0.717, 1.165) is 31.5 Å². The van der Waals surface area contributed by atoms with Crippen LogP contribution in [0.15, 0.2) is 35.0 Å². The fraction of sp³-hybridized carbons (Fsp3) is 0.421. The summed E-state index contributed by atoms with van der Waals surface area (Å²) in [6.45, 7) is 3.01. The molecule has 0 unspecified atom stereocenters. The molecule has 0 N–H and O–H groups in total. The molecule has 0 atom stereocenters. The van der Waals surface area contributed by atoms with Crippen LogP contribution in [0.4, 0.5) is 0 Å². The van der Waals surface area contributed by atoms with Crippen LogP contribution in [-0.2, 0) is 17.8 Å². The van der Waals surface area contributed by atoms with Gasteiger partial charge in [-0.1, -0.05) is 0 Å². The van der Waals surface area contributed by atoms with Crippen molar-refractivity contribution in [2.75, 3.05) is 26.2 Å². The number of piperazine rings is 1. The summed E-state index contributed by atoms with van der Waals surface area (Å²) in [6, 6.07) is 5.50. The molecule has 7 heteroatoms. The predicted octanol–water partition coefficient (Wildman–Crippen LogP) is 1.81. The molecule has 4 rings (SSSR count). The lowest BCUT2D eigenvalue weighted by molar-refractivity contribution is -0.127. The summed E-state index contributed by atoms with van der Waals surface area (Å²) < 4.78 is 7.14. The van der Waals surface area contributed by atoms with Gasteiger partial charge in [-0.25, -0.2) is 0 Å². The Morgan fingerprint density at radius 3 is 2.62 bits per heavy atom. The lowest BCUT2D eigenvalue weighted by atomic mass is 10.1. The zero-order valence-electron chi connectivity index (χ0n) is 14.6. The highest BCUT2D eigenvalue weighted by Gasteiger charge is 2.26. The number of aryl methyl sites for hydroxylation is 2. The maximum absolute atomic E-state index is 12.7. The number of furan rings is 1. The molecule has 1 saturated heterocycles. The van der Waals surface area contributed by atoms with E-state index in [1.165, 1.54) is 6.08 Å². The molecule has 2 aromatic heterocycles. The molecule has 26 heavy (non-hydrogen) atoms. The van der Waals surface area contributed by atoms with E-state index in [1.54, 1.807) is 34.3 Å². The quantitative estimate of drug-likeness (QED) is 0.788. The number of aromatic nitrogens is 2. The van der Waals surface area contributed by atoms with E-state index >= 15 is 0 Å². The van der Waals surface area contributed by atoms with E-state index in [-0.39, 0.29) is 11.8 Å². The van der Waals surface area contributed by atoms with E-state index in [4.69, 9.17) is 4.42 Å².